The van der Waals surface area contributed by atoms with E-state index >= 15 is 0 Å². The lowest BCUT2D eigenvalue weighted by Gasteiger charge is -2.16. The molecule has 2 aliphatic rings. The number of amides is 1. The van der Waals surface area contributed by atoms with Crippen molar-refractivity contribution in [1.29, 1.82) is 0 Å². The van der Waals surface area contributed by atoms with Crippen molar-refractivity contribution in [3.8, 4) is 11.5 Å². The van der Waals surface area contributed by atoms with Crippen LogP contribution in [0, 0.1) is 0 Å². The zero-order chi connectivity index (χ0) is 16.7. The third kappa shape index (κ3) is 2.44. The van der Waals surface area contributed by atoms with Gasteiger partial charge in [-0.05, 0) is 25.0 Å². The SMILES string of the molecule is Cn1nc2n(c1=O)CCC(NC(=O)c1cccc3c1OCO3)CC2. The fourth-order valence-electron chi connectivity index (χ4n) is 3.21. The molecule has 1 aromatic heterocycles. The first-order valence-corrected chi connectivity index (χ1v) is 7.95. The lowest BCUT2D eigenvalue weighted by molar-refractivity contribution is 0.0928. The van der Waals surface area contributed by atoms with Crippen molar-refractivity contribution in [3.05, 3.63) is 40.1 Å². The Morgan fingerprint density at radius 3 is 3.08 bits per heavy atom. The van der Waals surface area contributed by atoms with Crippen LogP contribution in [0.5, 0.6) is 11.5 Å². The number of nitrogens with zero attached hydrogens (tertiary/aromatic N) is 3. The Hall–Kier alpha value is -2.77. The number of nitrogens with one attached hydrogen (secondary N) is 1. The van der Waals surface area contributed by atoms with E-state index in [1.165, 1.54) is 4.68 Å². The summed E-state index contributed by atoms with van der Waals surface area (Å²) < 4.78 is 13.7. The number of fused-ring (bicyclic) bond motifs is 2. The molecule has 2 aliphatic heterocycles. The van der Waals surface area contributed by atoms with Crippen molar-refractivity contribution in [1.82, 2.24) is 19.7 Å². The summed E-state index contributed by atoms with van der Waals surface area (Å²) in [5, 5.41) is 7.29. The van der Waals surface area contributed by atoms with E-state index in [0.717, 1.165) is 12.2 Å². The van der Waals surface area contributed by atoms with E-state index in [2.05, 4.69) is 10.4 Å². The number of hydrogen-bond acceptors (Lipinski definition) is 5. The summed E-state index contributed by atoms with van der Waals surface area (Å²) in [5.41, 5.74) is 0.367. The second-order valence-corrected chi connectivity index (χ2v) is 6.01. The molecule has 0 radical (unpaired) electrons. The maximum Gasteiger partial charge on any atom is 0.345 e. The number of hydrogen-bond donors (Lipinski definition) is 1. The Labute approximate surface area is 138 Å². The van der Waals surface area contributed by atoms with Crippen LogP contribution < -0.4 is 20.5 Å². The van der Waals surface area contributed by atoms with Crippen LogP contribution in [0.15, 0.2) is 23.0 Å². The third-order valence-electron chi connectivity index (χ3n) is 4.48. The predicted molar refractivity (Wildman–Crippen MR) is 84.2 cm³/mol. The maximum absolute atomic E-state index is 12.6. The Bertz CT molecular complexity index is 854. The molecule has 0 spiro atoms. The molecule has 1 unspecified atom stereocenters. The van der Waals surface area contributed by atoms with Crippen LogP contribution in [0.25, 0.3) is 0 Å². The molecule has 0 saturated carbocycles. The molecule has 126 valence electrons. The number of aryl methyl sites for hydroxylation is 2. The minimum atomic E-state index is -0.185. The van der Waals surface area contributed by atoms with Gasteiger partial charge in [0.1, 0.15) is 5.82 Å². The second kappa shape index (κ2) is 5.70. The monoisotopic (exact) mass is 330 g/mol. The van der Waals surface area contributed by atoms with E-state index < -0.39 is 0 Å². The second-order valence-electron chi connectivity index (χ2n) is 6.01. The summed E-state index contributed by atoms with van der Waals surface area (Å²) >= 11 is 0. The van der Waals surface area contributed by atoms with Gasteiger partial charge in [0.15, 0.2) is 11.5 Å². The molecule has 0 fully saturated rings. The van der Waals surface area contributed by atoms with Gasteiger partial charge in [-0.3, -0.25) is 9.36 Å². The third-order valence-corrected chi connectivity index (χ3v) is 4.48. The molecule has 0 saturated heterocycles. The maximum atomic E-state index is 12.6. The van der Waals surface area contributed by atoms with E-state index in [1.54, 1.807) is 29.8 Å². The summed E-state index contributed by atoms with van der Waals surface area (Å²) in [6.07, 6.45) is 2.10. The largest absolute Gasteiger partial charge is 0.454 e. The molecule has 8 heteroatoms. The van der Waals surface area contributed by atoms with Crippen LogP contribution >= 0.6 is 0 Å². The van der Waals surface area contributed by atoms with E-state index in [0.29, 0.717) is 36.4 Å². The molecule has 4 rings (SSSR count). The first-order chi connectivity index (χ1) is 11.6. The quantitative estimate of drug-likeness (QED) is 0.864. The highest BCUT2D eigenvalue weighted by molar-refractivity contribution is 5.98. The molecule has 2 aromatic rings. The number of rotatable bonds is 2. The highest BCUT2D eigenvalue weighted by Gasteiger charge is 2.25. The van der Waals surface area contributed by atoms with Crippen LogP contribution in [0.1, 0.15) is 29.0 Å². The number of para-hydroxylation sites is 1. The van der Waals surface area contributed by atoms with Crippen LogP contribution in [0.3, 0.4) is 0 Å². The Kier molecular flexibility index (Phi) is 3.51. The van der Waals surface area contributed by atoms with Crippen LogP contribution in [0.4, 0.5) is 0 Å². The first kappa shape index (κ1) is 14.8. The summed E-state index contributed by atoms with van der Waals surface area (Å²) in [4.78, 5) is 24.6. The summed E-state index contributed by atoms with van der Waals surface area (Å²) in [5.74, 6) is 1.67. The minimum Gasteiger partial charge on any atom is -0.454 e. The van der Waals surface area contributed by atoms with Crippen molar-refractivity contribution >= 4 is 5.91 Å². The number of ether oxygens (including phenoxy) is 2. The van der Waals surface area contributed by atoms with E-state index in [1.807, 2.05) is 0 Å². The van der Waals surface area contributed by atoms with Crippen LogP contribution in [-0.4, -0.2) is 33.1 Å². The zero-order valence-corrected chi connectivity index (χ0v) is 13.3. The van der Waals surface area contributed by atoms with Gasteiger partial charge in [-0.1, -0.05) is 6.07 Å². The predicted octanol–water partition coefficient (Wildman–Crippen LogP) is 0.445. The smallest absolute Gasteiger partial charge is 0.345 e. The lowest BCUT2D eigenvalue weighted by Crippen LogP contribution is -2.35. The summed E-state index contributed by atoms with van der Waals surface area (Å²) in [7, 11) is 1.65. The number of benzene rings is 1. The standard InChI is InChI=1S/C16H18N4O4/c1-19-16(22)20-8-7-10(5-6-13(20)18-19)17-15(21)11-3-2-4-12-14(11)24-9-23-12/h2-4,10H,5-9H2,1H3,(H,17,21). The van der Waals surface area contributed by atoms with E-state index in [-0.39, 0.29) is 24.4 Å². The Morgan fingerprint density at radius 2 is 2.21 bits per heavy atom. The van der Waals surface area contributed by atoms with Gasteiger partial charge in [-0.2, -0.15) is 5.10 Å². The van der Waals surface area contributed by atoms with Gasteiger partial charge in [-0.25, -0.2) is 9.48 Å². The molecule has 1 atom stereocenters. The molecular formula is C16H18N4O4. The number of aromatic nitrogens is 3. The topological polar surface area (TPSA) is 87.4 Å². The first-order valence-electron chi connectivity index (χ1n) is 7.95. The molecule has 0 bridgehead atoms. The number of carbonyl (C=O) groups is 1. The molecule has 1 amide bonds. The van der Waals surface area contributed by atoms with Gasteiger partial charge in [-0.15, -0.1) is 0 Å². The van der Waals surface area contributed by atoms with Gasteiger partial charge in [0.25, 0.3) is 5.91 Å². The Balaban J connectivity index is 1.48. The molecule has 24 heavy (non-hydrogen) atoms. The van der Waals surface area contributed by atoms with Gasteiger partial charge in [0.05, 0.1) is 5.56 Å². The normalized spacial score (nSPS) is 18.8. The van der Waals surface area contributed by atoms with Crippen molar-refractivity contribution in [3.63, 3.8) is 0 Å². The average Bonchev–Trinajstić information content (AvgIpc) is 3.09. The van der Waals surface area contributed by atoms with Gasteiger partial charge >= 0.3 is 5.69 Å². The zero-order valence-electron chi connectivity index (χ0n) is 13.3. The highest BCUT2D eigenvalue weighted by atomic mass is 16.7. The van der Waals surface area contributed by atoms with Crippen LogP contribution in [-0.2, 0) is 20.0 Å². The van der Waals surface area contributed by atoms with Crippen molar-refractivity contribution in [2.75, 3.05) is 6.79 Å². The molecule has 1 aromatic carbocycles. The highest BCUT2D eigenvalue weighted by Crippen LogP contribution is 2.35. The van der Waals surface area contributed by atoms with Crippen molar-refractivity contribution < 1.29 is 14.3 Å². The lowest BCUT2D eigenvalue weighted by atomic mass is 10.1. The van der Waals surface area contributed by atoms with E-state index in [4.69, 9.17) is 9.47 Å². The summed E-state index contributed by atoms with van der Waals surface area (Å²) in [6.45, 7) is 0.687. The number of carbonyl (C=O) groups excluding carboxylic acids is 1. The minimum absolute atomic E-state index is 0.0120. The van der Waals surface area contributed by atoms with E-state index in [9.17, 15) is 9.59 Å². The van der Waals surface area contributed by atoms with Gasteiger partial charge in [0, 0.05) is 26.1 Å². The Morgan fingerprint density at radius 1 is 1.33 bits per heavy atom. The van der Waals surface area contributed by atoms with Crippen molar-refractivity contribution in [2.24, 2.45) is 7.05 Å². The van der Waals surface area contributed by atoms with Crippen LogP contribution in [0.2, 0.25) is 0 Å². The van der Waals surface area contributed by atoms with Gasteiger partial charge < -0.3 is 14.8 Å². The molecule has 3 heterocycles. The molecule has 1 N–H and O–H groups in total. The molecule has 8 nitrogen and oxygen atoms in total. The average molecular weight is 330 g/mol. The molecule has 0 aliphatic carbocycles. The molecular weight excluding hydrogens is 312 g/mol. The van der Waals surface area contributed by atoms with Crippen molar-refractivity contribution in [2.45, 2.75) is 31.8 Å². The fraction of sp³-hybridized carbons (Fsp3) is 0.438. The van der Waals surface area contributed by atoms with Gasteiger partial charge in [0.2, 0.25) is 6.79 Å². The summed E-state index contributed by atoms with van der Waals surface area (Å²) in [6, 6.07) is 5.26. The fourth-order valence-corrected chi connectivity index (χ4v) is 3.21.